The molecule has 0 N–H and O–H groups in total. The van der Waals surface area contributed by atoms with Crippen LogP contribution in [0.2, 0.25) is 0 Å². The lowest BCUT2D eigenvalue weighted by atomic mass is 9.97. The van der Waals surface area contributed by atoms with Gasteiger partial charge in [-0.05, 0) is 24.6 Å². The zero-order chi connectivity index (χ0) is 11.7. The van der Waals surface area contributed by atoms with Crippen LogP contribution >= 0.6 is 0 Å². The van der Waals surface area contributed by atoms with Gasteiger partial charge in [0.1, 0.15) is 5.82 Å². The van der Waals surface area contributed by atoms with Gasteiger partial charge in [0.2, 0.25) is 11.8 Å². The molecule has 0 spiro atoms. The molecule has 0 radical (unpaired) electrons. The lowest BCUT2D eigenvalue weighted by molar-refractivity contribution is -0.138. The Bertz CT molecular complexity index is 444. The van der Waals surface area contributed by atoms with Crippen LogP contribution in [0.4, 0.5) is 4.39 Å². The van der Waals surface area contributed by atoms with Gasteiger partial charge in [0, 0.05) is 13.0 Å². The summed E-state index contributed by atoms with van der Waals surface area (Å²) in [5.74, 6) is -1.30. The summed E-state index contributed by atoms with van der Waals surface area (Å²) in [5.41, 5.74) is 0.578. The number of hydrogen-bond acceptors (Lipinski definition) is 2. The lowest BCUT2D eigenvalue weighted by Crippen LogP contribution is -2.29. The second-order valence-electron chi connectivity index (χ2n) is 3.79. The van der Waals surface area contributed by atoms with Crippen LogP contribution in [0.5, 0.6) is 0 Å². The first-order valence-corrected chi connectivity index (χ1v) is 5.23. The number of imide groups is 1. The van der Waals surface area contributed by atoms with E-state index in [0.717, 1.165) is 0 Å². The Morgan fingerprint density at radius 3 is 2.75 bits per heavy atom. The zero-order valence-corrected chi connectivity index (χ0v) is 8.94. The van der Waals surface area contributed by atoms with Gasteiger partial charge < -0.3 is 0 Å². The van der Waals surface area contributed by atoms with Crippen molar-refractivity contribution in [1.29, 1.82) is 0 Å². The van der Waals surface area contributed by atoms with Crippen LogP contribution < -0.4 is 0 Å². The maximum atomic E-state index is 13.0. The van der Waals surface area contributed by atoms with Crippen molar-refractivity contribution in [3.8, 4) is 0 Å². The van der Waals surface area contributed by atoms with Crippen LogP contribution in [0.3, 0.4) is 0 Å². The molecule has 0 saturated carbocycles. The summed E-state index contributed by atoms with van der Waals surface area (Å²) in [6, 6.07) is 5.87. The van der Waals surface area contributed by atoms with Crippen molar-refractivity contribution in [2.75, 3.05) is 6.54 Å². The van der Waals surface area contributed by atoms with Gasteiger partial charge in [-0.2, -0.15) is 0 Å². The zero-order valence-electron chi connectivity index (χ0n) is 8.94. The third-order valence-electron chi connectivity index (χ3n) is 2.81. The standard InChI is InChI=1S/C12H12FNO2/c1-2-14-11(15)7-10(12(14)16)8-4-3-5-9(13)6-8/h3-6,10H,2,7H2,1H3. The number of hydrogen-bond donors (Lipinski definition) is 0. The third-order valence-corrected chi connectivity index (χ3v) is 2.81. The number of benzene rings is 1. The molecule has 0 aliphatic carbocycles. The van der Waals surface area contributed by atoms with Gasteiger partial charge in [0.25, 0.3) is 0 Å². The number of likely N-dealkylation sites (N-methyl/N-ethyl adjacent to an activating group) is 1. The summed E-state index contributed by atoms with van der Waals surface area (Å²) >= 11 is 0. The largest absolute Gasteiger partial charge is 0.282 e. The van der Waals surface area contributed by atoms with Gasteiger partial charge in [-0.1, -0.05) is 12.1 Å². The van der Waals surface area contributed by atoms with E-state index in [-0.39, 0.29) is 24.1 Å². The first kappa shape index (κ1) is 10.8. The molecular weight excluding hydrogens is 209 g/mol. The molecule has 1 fully saturated rings. The fraction of sp³-hybridized carbons (Fsp3) is 0.333. The summed E-state index contributed by atoms with van der Waals surface area (Å²) in [5, 5.41) is 0. The molecule has 1 atom stereocenters. The smallest absolute Gasteiger partial charge is 0.237 e. The number of carbonyl (C=O) groups excluding carboxylic acids is 2. The van der Waals surface area contributed by atoms with E-state index < -0.39 is 5.92 Å². The van der Waals surface area contributed by atoms with Crippen molar-refractivity contribution >= 4 is 11.8 Å². The highest BCUT2D eigenvalue weighted by Crippen LogP contribution is 2.29. The van der Waals surface area contributed by atoms with Crippen LogP contribution in [-0.2, 0) is 9.59 Å². The van der Waals surface area contributed by atoms with Crippen LogP contribution in [0, 0.1) is 5.82 Å². The van der Waals surface area contributed by atoms with Crippen LogP contribution in [0.15, 0.2) is 24.3 Å². The Morgan fingerprint density at radius 2 is 2.19 bits per heavy atom. The van der Waals surface area contributed by atoms with E-state index in [1.54, 1.807) is 19.1 Å². The topological polar surface area (TPSA) is 37.4 Å². The minimum atomic E-state index is -0.511. The van der Waals surface area contributed by atoms with E-state index in [1.165, 1.54) is 17.0 Å². The highest BCUT2D eigenvalue weighted by Gasteiger charge is 2.38. The van der Waals surface area contributed by atoms with Crippen molar-refractivity contribution in [3.63, 3.8) is 0 Å². The highest BCUT2D eigenvalue weighted by atomic mass is 19.1. The number of amides is 2. The molecule has 1 aromatic rings. The lowest BCUT2D eigenvalue weighted by Gasteiger charge is -2.11. The Hall–Kier alpha value is -1.71. The number of nitrogens with zero attached hydrogens (tertiary/aromatic N) is 1. The maximum absolute atomic E-state index is 13.0. The number of likely N-dealkylation sites (tertiary alicyclic amines) is 1. The van der Waals surface area contributed by atoms with Gasteiger partial charge >= 0.3 is 0 Å². The molecule has 1 aliphatic rings. The first-order chi connectivity index (χ1) is 7.63. The first-order valence-electron chi connectivity index (χ1n) is 5.23. The number of rotatable bonds is 2. The molecule has 16 heavy (non-hydrogen) atoms. The fourth-order valence-electron chi connectivity index (χ4n) is 2.00. The molecular formula is C12H12FNO2. The third kappa shape index (κ3) is 1.71. The van der Waals surface area contributed by atoms with E-state index in [4.69, 9.17) is 0 Å². The Morgan fingerprint density at radius 1 is 1.44 bits per heavy atom. The summed E-state index contributed by atoms with van der Waals surface area (Å²) in [6.07, 6.45) is 0.149. The molecule has 2 rings (SSSR count). The fourth-order valence-corrected chi connectivity index (χ4v) is 2.00. The van der Waals surface area contributed by atoms with Crippen molar-refractivity contribution in [2.24, 2.45) is 0 Å². The summed E-state index contributed by atoms with van der Waals surface area (Å²) in [7, 11) is 0. The van der Waals surface area contributed by atoms with Crippen molar-refractivity contribution in [2.45, 2.75) is 19.3 Å². The Balaban J connectivity index is 2.30. The van der Waals surface area contributed by atoms with Gasteiger partial charge in [-0.25, -0.2) is 4.39 Å². The molecule has 1 aromatic carbocycles. The van der Waals surface area contributed by atoms with E-state index in [0.29, 0.717) is 12.1 Å². The summed E-state index contributed by atoms with van der Waals surface area (Å²) in [6.45, 7) is 2.13. The van der Waals surface area contributed by atoms with Gasteiger partial charge in [-0.3, -0.25) is 14.5 Å². The molecule has 1 heterocycles. The average molecular weight is 221 g/mol. The second kappa shape index (κ2) is 4.04. The molecule has 1 saturated heterocycles. The minimum Gasteiger partial charge on any atom is -0.282 e. The number of halogens is 1. The van der Waals surface area contributed by atoms with E-state index >= 15 is 0 Å². The van der Waals surface area contributed by atoms with E-state index in [9.17, 15) is 14.0 Å². The molecule has 0 aromatic heterocycles. The van der Waals surface area contributed by atoms with Crippen molar-refractivity contribution < 1.29 is 14.0 Å². The molecule has 2 amide bonds. The Labute approximate surface area is 92.9 Å². The summed E-state index contributed by atoms with van der Waals surface area (Å²) < 4.78 is 13.0. The predicted octanol–water partition coefficient (Wildman–Crippen LogP) is 1.69. The molecule has 4 heteroatoms. The van der Waals surface area contributed by atoms with Crippen molar-refractivity contribution in [3.05, 3.63) is 35.6 Å². The van der Waals surface area contributed by atoms with Crippen LogP contribution in [0.25, 0.3) is 0 Å². The maximum Gasteiger partial charge on any atom is 0.237 e. The van der Waals surface area contributed by atoms with Crippen LogP contribution in [-0.4, -0.2) is 23.3 Å². The Kier molecular flexibility index (Phi) is 2.73. The van der Waals surface area contributed by atoms with Gasteiger partial charge in [0.15, 0.2) is 0 Å². The quantitative estimate of drug-likeness (QED) is 0.712. The highest BCUT2D eigenvalue weighted by molar-refractivity contribution is 6.06. The SMILES string of the molecule is CCN1C(=O)CC(c2cccc(F)c2)C1=O. The van der Waals surface area contributed by atoms with Crippen molar-refractivity contribution in [1.82, 2.24) is 4.90 Å². The van der Waals surface area contributed by atoms with E-state index in [2.05, 4.69) is 0 Å². The number of carbonyl (C=O) groups is 2. The second-order valence-corrected chi connectivity index (χ2v) is 3.79. The predicted molar refractivity (Wildman–Crippen MR) is 56.2 cm³/mol. The molecule has 0 bridgehead atoms. The summed E-state index contributed by atoms with van der Waals surface area (Å²) in [4.78, 5) is 24.6. The average Bonchev–Trinajstić information content (AvgIpc) is 2.54. The molecule has 1 aliphatic heterocycles. The monoisotopic (exact) mass is 221 g/mol. The van der Waals surface area contributed by atoms with Gasteiger partial charge in [-0.15, -0.1) is 0 Å². The molecule has 3 nitrogen and oxygen atoms in total. The molecule has 1 unspecified atom stereocenters. The van der Waals surface area contributed by atoms with E-state index in [1.807, 2.05) is 0 Å². The normalized spacial score (nSPS) is 20.6. The molecule has 84 valence electrons. The van der Waals surface area contributed by atoms with Crippen LogP contribution in [0.1, 0.15) is 24.8 Å². The minimum absolute atomic E-state index is 0.149. The van der Waals surface area contributed by atoms with Gasteiger partial charge in [0.05, 0.1) is 5.92 Å².